The first-order valence-electron chi connectivity index (χ1n) is 10.4. The van der Waals surface area contributed by atoms with Gasteiger partial charge in [0.25, 0.3) is 0 Å². The Morgan fingerprint density at radius 1 is 1.16 bits per heavy atom. The maximum absolute atomic E-state index is 3.87. The highest BCUT2D eigenvalue weighted by molar-refractivity contribution is 9.10. The molecule has 1 nitrogen and oxygen atoms in total. The van der Waals surface area contributed by atoms with Crippen LogP contribution in [-0.2, 0) is 11.8 Å². The van der Waals surface area contributed by atoms with Crippen molar-refractivity contribution in [1.82, 2.24) is 0 Å². The standard InChI is InChI=1S/C23H39BrN/c1-6-7-13-23(3,4)21-12-11-20(22(24)17-21)16-19(2)18-25(5)14-9-8-10-15-25/h11-12,17,19H,6-10,13-16,18H2,1-5H3/q+1. The van der Waals surface area contributed by atoms with Crippen molar-refractivity contribution < 1.29 is 4.48 Å². The number of likely N-dealkylation sites (tertiary alicyclic amines) is 1. The smallest absolute Gasteiger partial charge is 0.0813 e. The second-order valence-corrected chi connectivity index (χ2v) is 10.3. The highest BCUT2D eigenvalue weighted by Gasteiger charge is 2.27. The Hall–Kier alpha value is -0.340. The van der Waals surface area contributed by atoms with Crippen LogP contribution in [0.4, 0.5) is 0 Å². The normalized spacial score (nSPS) is 19.0. The SMILES string of the molecule is CCCCC(C)(C)c1ccc(CC(C)C[N+]2(C)CCCCC2)c(Br)c1. The second-order valence-electron chi connectivity index (χ2n) is 9.41. The monoisotopic (exact) mass is 408 g/mol. The molecule has 2 rings (SSSR count). The van der Waals surface area contributed by atoms with Crippen molar-refractivity contribution >= 4 is 15.9 Å². The highest BCUT2D eigenvalue weighted by atomic mass is 79.9. The zero-order valence-electron chi connectivity index (χ0n) is 17.2. The summed E-state index contributed by atoms with van der Waals surface area (Å²) in [4.78, 5) is 0. The van der Waals surface area contributed by atoms with E-state index in [-0.39, 0.29) is 5.41 Å². The number of benzene rings is 1. The van der Waals surface area contributed by atoms with Gasteiger partial charge in [0.05, 0.1) is 26.7 Å². The van der Waals surface area contributed by atoms with Gasteiger partial charge >= 0.3 is 0 Å². The van der Waals surface area contributed by atoms with E-state index in [2.05, 4.69) is 68.9 Å². The number of nitrogens with zero attached hydrogens (tertiary/aromatic N) is 1. The summed E-state index contributed by atoms with van der Waals surface area (Å²) in [5, 5.41) is 0. The van der Waals surface area contributed by atoms with Gasteiger partial charge in [-0.15, -0.1) is 0 Å². The van der Waals surface area contributed by atoms with E-state index in [9.17, 15) is 0 Å². The van der Waals surface area contributed by atoms with Gasteiger partial charge in [0.15, 0.2) is 0 Å². The van der Waals surface area contributed by atoms with Crippen LogP contribution in [0.25, 0.3) is 0 Å². The summed E-state index contributed by atoms with van der Waals surface area (Å²) in [6.07, 6.45) is 9.29. The molecular formula is C23H39BrN+. The van der Waals surface area contributed by atoms with Gasteiger partial charge in [0, 0.05) is 10.4 Å². The molecule has 0 radical (unpaired) electrons. The molecular weight excluding hydrogens is 370 g/mol. The van der Waals surface area contributed by atoms with Crippen molar-refractivity contribution in [1.29, 1.82) is 0 Å². The van der Waals surface area contributed by atoms with Gasteiger partial charge in [-0.25, -0.2) is 0 Å². The number of rotatable bonds is 8. The summed E-state index contributed by atoms with van der Waals surface area (Å²) >= 11 is 3.87. The Balaban J connectivity index is 2.00. The Labute approximate surface area is 164 Å². The summed E-state index contributed by atoms with van der Waals surface area (Å²) in [5.41, 5.74) is 3.22. The lowest BCUT2D eigenvalue weighted by Crippen LogP contribution is -2.50. The minimum absolute atomic E-state index is 0.273. The van der Waals surface area contributed by atoms with Crippen molar-refractivity contribution in [3.8, 4) is 0 Å². The van der Waals surface area contributed by atoms with Gasteiger partial charge in [-0.05, 0) is 54.7 Å². The van der Waals surface area contributed by atoms with Crippen LogP contribution in [0.15, 0.2) is 22.7 Å². The first-order valence-corrected chi connectivity index (χ1v) is 11.2. The molecule has 0 saturated carbocycles. The summed E-state index contributed by atoms with van der Waals surface area (Å²) < 4.78 is 2.59. The molecule has 0 aromatic heterocycles. The van der Waals surface area contributed by atoms with Crippen molar-refractivity contribution in [2.45, 2.75) is 78.1 Å². The molecule has 1 heterocycles. The molecule has 1 fully saturated rings. The van der Waals surface area contributed by atoms with Gasteiger partial charge in [-0.3, -0.25) is 0 Å². The molecule has 1 saturated heterocycles. The lowest BCUT2D eigenvalue weighted by atomic mass is 9.80. The number of hydrogen-bond acceptors (Lipinski definition) is 0. The zero-order valence-corrected chi connectivity index (χ0v) is 18.8. The van der Waals surface area contributed by atoms with Crippen molar-refractivity contribution in [3.63, 3.8) is 0 Å². The molecule has 0 N–H and O–H groups in total. The second kappa shape index (κ2) is 9.04. The minimum Gasteiger partial charge on any atom is -0.326 e. The van der Waals surface area contributed by atoms with Crippen LogP contribution in [0.1, 0.15) is 77.3 Å². The maximum Gasteiger partial charge on any atom is 0.0813 e. The highest BCUT2D eigenvalue weighted by Crippen LogP contribution is 2.33. The average molecular weight is 409 g/mol. The Kier molecular flexibility index (Phi) is 7.58. The summed E-state index contributed by atoms with van der Waals surface area (Å²) in [5.74, 6) is 0.735. The third-order valence-corrected chi connectivity index (χ3v) is 6.94. The molecule has 1 aliphatic heterocycles. The fraction of sp³-hybridized carbons (Fsp3) is 0.739. The summed E-state index contributed by atoms with van der Waals surface area (Å²) in [7, 11) is 2.46. The van der Waals surface area contributed by atoms with E-state index in [1.54, 1.807) is 0 Å². The average Bonchev–Trinajstić information content (AvgIpc) is 2.55. The molecule has 142 valence electrons. The lowest BCUT2D eigenvalue weighted by Gasteiger charge is -2.39. The van der Waals surface area contributed by atoms with Crippen LogP contribution in [-0.4, -0.2) is 31.2 Å². The van der Waals surface area contributed by atoms with Gasteiger partial charge in [-0.1, -0.05) is 68.6 Å². The van der Waals surface area contributed by atoms with Gasteiger partial charge in [0.2, 0.25) is 0 Å². The molecule has 1 aliphatic rings. The van der Waals surface area contributed by atoms with Crippen LogP contribution < -0.4 is 0 Å². The first-order chi connectivity index (χ1) is 11.8. The maximum atomic E-state index is 3.87. The number of unbranched alkanes of at least 4 members (excludes halogenated alkanes) is 1. The van der Waals surface area contributed by atoms with E-state index >= 15 is 0 Å². The Morgan fingerprint density at radius 2 is 1.84 bits per heavy atom. The zero-order chi connectivity index (χ0) is 18.5. The van der Waals surface area contributed by atoms with Gasteiger partial charge < -0.3 is 4.48 Å². The molecule has 1 aromatic carbocycles. The molecule has 25 heavy (non-hydrogen) atoms. The molecule has 0 amide bonds. The summed E-state index contributed by atoms with van der Waals surface area (Å²) in [6, 6.07) is 7.13. The van der Waals surface area contributed by atoms with Crippen LogP contribution in [0.5, 0.6) is 0 Å². The van der Waals surface area contributed by atoms with E-state index < -0.39 is 0 Å². The first kappa shape index (κ1) is 21.0. The third-order valence-electron chi connectivity index (χ3n) is 6.21. The molecule has 1 unspecified atom stereocenters. The van der Waals surface area contributed by atoms with Crippen LogP contribution in [0, 0.1) is 5.92 Å². The van der Waals surface area contributed by atoms with Crippen LogP contribution in [0.3, 0.4) is 0 Å². The quantitative estimate of drug-likeness (QED) is 0.418. The fourth-order valence-electron chi connectivity index (χ4n) is 4.55. The minimum atomic E-state index is 0.273. The third kappa shape index (κ3) is 6.10. The van der Waals surface area contributed by atoms with Gasteiger partial charge in [0.1, 0.15) is 0 Å². The van der Waals surface area contributed by atoms with Gasteiger partial charge in [-0.2, -0.15) is 0 Å². The van der Waals surface area contributed by atoms with Crippen molar-refractivity contribution in [2.24, 2.45) is 5.92 Å². The molecule has 1 aromatic rings. The number of quaternary nitrogens is 1. The summed E-state index contributed by atoms with van der Waals surface area (Å²) in [6.45, 7) is 13.5. The van der Waals surface area contributed by atoms with E-state index in [0.717, 1.165) is 5.92 Å². The van der Waals surface area contributed by atoms with Crippen molar-refractivity contribution in [3.05, 3.63) is 33.8 Å². The molecule has 0 aliphatic carbocycles. The number of hydrogen-bond donors (Lipinski definition) is 0. The van der Waals surface area contributed by atoms with E-state index in [0.29, 0.717) is 0 Å². The van der Waals surface area contributed by atoms with Crippen LogP contribution in [0.2, 0.25) is 0 Å². The Morgan fingerprint density at radius 3 is 2.44 bits per heavy atom. The van der Waals surface area contributed by atoms with Crippen LogP contribution >= 0.6 is 15.9 Å². The van der Waals surface area contributed by atoms with E-state index in [1.807, 2.05) is 0 Å². The fourth-order valence-corrected chi connectivity index (χ4v) is 5.09. The molecule has 2 heteroatoms. The molecule has 1 atom stereocenters. The van der Waals surface area contributed by atoms with E-state index in [1.165, 1.54) is 84.7 Å². The molecule has 0 spiro atoms. The molecule has 0 bridgehead atoms. The predicted molar refractivity (Wildman–Crippen MR) is 114 cm³/mol. The topological polar surface area (TPSA) is 0 Å². The number of halogens is 1. The number of piperidine rings is 1. The lowest BCUT2D eigenvalue weighted by molar-refractivity contribution is -0.917. The van der Waals surface area contributed by atoms with Crippen molar-refractivity contribution in [2.75, 3.05) is 26.7 Å². The predicted octanol–water partition coefficient (Wildman–Crippen LogP) is 6.73. The van der Waals surface area contributed by atoms with E-state index in [4.69, 9.17) is 0 Å². The largest absolute Gasteiger partial charge is 0.326 e. The Bertz CT molecular complexity index is 543.